The third-order valence-electron chi connectivity index (χ3n) is 3.10. The van der Waals surface area contributed by atoms with Crippen molar-refractivity contribution in [1.82, 2.24) is 0 Å². The van der Waals surface area contributed by atoms with E-state index in [0.29, 0.717) is 6.61 Å². The quantitative estimate of drug-likeness (QED) is 0.213. The van der Waals surface area contributed by atoms with Crippen molar-refractivity contribution in [3.05, 3.63) is 12.2 Å². The molecule has 9 heteroatoms. The molecule has 154 valence electrons. The van der Waals surface area contributed by atoms with Gasteiger partial charge >= 0.3 is 5.97 Å². The van der Waals surface area contributed by atoms with Crippen molar-refractivity contribution in [3.63, 3.8) is 0 Å². The number of hydrogen-bond acceptors (Lipinski definition) is 6. The van der Waals surface area contributed by atoms with Gasteiger partial charge in [-0.1, -0.05) is 6.08 Å². The minimum atomic E-state index is -1.65. The topological polar surface area (TPSA) is 74.2 Å². The van der Waals surface area contributed by atoms with Crippen LogP contribution in [0.1, 0.15) is 20.3 Å². The van der Waals surface area contributed by atoms with Crippen molar-refractivity contribution in [2.45, 2.75) is 83.9 Å². The van der Waals surface area contributed by atoms with E-state index < -0.39 is 38.4 Å². The Bertz CT molecular complexity index is 415. The molecule has 0 spiro atoms. The molecule has 0 aliphatic heterocycles. The lowest BCUT2D eigenvalue weighted by molar-refractivity contribution is -0.164. The van der Waals surface area contributed by atoms with E-state index >= 15 is 0 Å². The highest BCUT2D eigenvalue weighted by atomic mass is 28.4. The number of ether oxygens (including phenoxy) is 2. The molecule has 0 bridgehead atoms. The van der Waals surface area contributed by atoms with E-state index in [2.05, 4.69) is 39.3 Å². The number of aliphatic hydroxyl groups is 1. The predicted molar refractivity (Wildman–Crippen MR) is 113 cm³/mol. The summed E-state index contributed by atoms with van der Waals surface area (Å²) in [6.07, 6.45) is 2.03. The monoisotopic (exact) mass is 422 g/mol. The molecule has 0 aromatic rings. The Labute approximate surface area is 163 Å². The van der Waals surface area contributed by atoms with Crippen LogP contribution >= 0.6 is 0 Å². The van der Waals surface area contributed by atoms with Crippen molar-refractivity contribution in [1.29, 1.82) is 0 Å². The first-order valence-corrected chi connectivity index (χ1v) is 17.9. The summed E-state index contributed by atoms with van der Waals surface area (Å²) >= 11 is 0. The lowest BCUT2D eigenvalue weighted by Crippen LogP contribution is -2.43. The first kappa shape index (κ1) is 25.7. The van der Waals surface area contributed by atoms with Crippen LogP contribution in [0.25, 0.3) is 0 Å². The normalized spacial score (nSPS) is 15.9. The van der Waals surface area contributed by atoms with Gasteiger partial charge in [-0.2, -0.15) is 0 Å². The highest BCUT2D eigenvalue weighted by Gasteiger charge is 2.27. The minimum Gasteiger partial charge on any atom is -0.433 e. The molecule has 0 radical (unpaired) electrons. The van der Waals surface area contributed by atoms with Crippen LogP contribution in [0.2, 0.25) is 45.3 Å². The number of allylic oxidation sites excluding steroid dienone is 1. The third kappa shape index (κ3) is 15.9. The molecule has 0 saturated heterocycles. The highest BCUT2D eigenvalue weighted by molar-refractivity contribution is 6.71. The van der Waals surface area contributed by atoms with E-state index in [1.807, 2.05) is 6.92 Å². The summed E-state index contributed by atoms with van der Waals surface area (Å²) in [5.41, 5.74) is 0. The van der Waals surface area contributed by atoms with Crippen molar-refractivity contribution >= 4 is 32.1 Å². The number of esters is 1. The second-order valence-corrected chi connectivity index (χ2v) is 19.1. The maximum Gasteiger partial charge on any atom is 0.332 e. The van der Waals surface area contributed by atoms with Gasteiger partial charge in [-0.15, -0.1) is 0 Å². The van der Waals surface area contributed by atoms with E-state index in [4.69, 9.17) is 18.3 Å². The van der Waals surface area contributed by atoms with Crippen LogP contribution in [-0.2, 0) is 23.1 Å². The molecule has 0 saturated carbocycles. The van der Waals surface area contributed by atoms with Crippen LogP contribution in [0.5, 0.6) is 0 Å². The number of carbonyl (C=O) groups excluding carboxylic acids is 1. The second-order valence-electron chi connectivity index (χ2n) is 8.33. The van der Waals surface area contributed by atoms with Crippen molar-refractivity contribution in [2.24, 2.45) is 0 Å². The molecule has 0 aromatic carbocycles. The fraction of sp³-hybridized carbons (Fsp3) is 0.824. The maximum atomic E-state index is 11.2. The van der Waals surface area contributed by atoms with Crippen molar-refractivity contribution < 1.29 is 28.2 Å². The maximum absolute atomic E-state index is 11.2. The van der Waals surface area contributed by atoms with E-state index in [9.17, 15) is 9.90 Å². The Kier molecular flexibility index (Phi) is 12.1. The van der Waals surface area contributed by atoms with Crippen LogP contribution in [0.15, 0.2) is 12.2 Å². The first-order valence-electron chi connectivity index (χ1n) is 9.31. The average Bonchev–Trinajstić information content (AvgIpc) is 2.41. The van der Waals surface area contributed by atoms with Crippen molar-refractivity contribution in [3.8, 4) is 0 Å². The van der Waals surface area contributed by atoms with E-state index in [1.54, 1.807) is 13.0 Å². The second kappa shape index (κ2) is 12.2. The molecular formula is C17H38O6Si3. The number of hydrogen-bond donors (Lipinski definition) is 1. The molecule has 26 heavy (non-hydrogen) atoms. The first-order chi connectivity index (χ1) is 11.8. The minimum absolute atomic E-state index is 0.0493. The molecule has 0 aliphatic rings. The molecule has 1 N–H and O–H groups in total. The molecule has 0 heterocycles. The zero-order chi connectivity index (χ0) is 20.4. The summed E-state index contributed by atoms with van der Waals surface area (Å²) in [6, 6.07) is 0.939. The zero-order valence-corrected chi connectivity index (χ0v) is 21.1. The molecule has 0 aliphatic carbocycles. The molecular weight excluding hydrogens is 384 g/mol. The predicted octanol–water partition coefficient (Wildman–Crippen LogP) is 2.79. The molecule has 0 aromatic heterocycles. The summed E-state index contributed by atoms with van der Waals surface area (Å²) < 4.78 is 23.0. The van der Waals surface area contributed by atoms with Gasteiger partial charge < -0.3 is 23.4 Å². The smallest absolute Gasteiger partial charge is 0.332 e. The van der Waals surface area contributed by atoms with Crippen LogP contribution < -0.4 is 0 Å². The van der Waals surface area contributed by atoms with Gasteiger partial charge in [-0.3, -0.25) is 0 Å². The van der Waals surface area contributed by atoms with Gasteiger partial charge in [0.25, 0.3) is 0 Å². The fourth-order valence-electron chi connectivity index (χ4n) is 2.12. The molecule has 0 rings (SSSR count). The summed E-state index contributed by atoms with van der Waals surface area (Å²) in [6.45, 7) is 17.1. The molecule has 2 unspecified atom stereocenters. The molecule has 2 atom stereocenters. The summed E-state index contributed by atoms with van der Waals surface area (Å²) in [7, 11) is -3.91. The largest absolute Gasteiger partial charge is 0.433 e. The molecule has 0 amide bonds. The van der Waals surface area contributed by atoms with Crippen molar-refractivity contribution in [2.75, 3.05) is 6.61 Å². The van der Waals surface area contributed by atoms with E-state index in [0.717, 1.165) is 6.04 Å². The van der Waals surface area contributed by atoms with Gasteiger partial charge in [-0.05, 0) is 59.2 Å². The summed E-state index contributed by atoms with van der Waals surface area (Å²) in [5.74, 6) is -0.595. The Morgan fingerprint density at radius 1 is 1.12 bits per heavy atom. The molecule has 0 fully saturated rings. The fourth-order valence-corrected chi connectivity index (χ4v) is 8.74. The summed E-state index contributed by atoms with van der Waals surface area (Å²) in [4.78, 5) is 11.2. The Balaban J connectivity index is 4.22. The van der Waals surface area contributed by atoms with Gasteiger partial charge in [0.2, 0.25) is 6.29 Å². The van der Waals surface area contributed by atoms with Gasteiger partial charge in [0.1, 0.15) is 5.91 Å². The van der Waals surface area contributed by atoms with Gasteiger partial charge in [-0.25, -0.2) is 4.79 Å². The Hall–Kier alpha value is -0.299. The van der Waals surface area contributed by atoms with Crippen LogP contribution in [0, 0.1) is 0 Å². The Morgan fingerprint density at radius 3 is 2.12 bits per heavy atom. The number of carbonyl (C=O) groups is 1. The number of aliphatic hydroxyl groups excluding tert-OH is 1. The number of rotatable bonds is 13. The van der Waals surface area contributed by atoms with Crippen LogP contribution in [0.4, 0.5) is 0 Å². The van der Waals surface area contributed by atoms with Gasteiger partial charge in [0.15, 0.2) is 16.6 Å². The average molecular weight is 423 g/mol. The molecule has 6 nitrogen and oxygen atoms in total. The standard InChI is InChI=1S/C17H38O6Si3/c1-9-10-15(18)21-16(19)11-12-20-14(2)13-24-17(22-25(3,4)5)23-26(6,7)8/h9-10,14,16-17,19H,11-13,24H2,1-8H3. The van der Waals surface area contributed by atoms with Crippen LogP contribution in [-0.4, -0.2) is 62.1 Å². The highest BCUT2D eigenvalue weighted by Crippen LogP contribution is 2.15. The SMILES string of the molecule is CC=CC(=O)OC(O)CCOC(C)C[SiH2]C(O[Si](C)(C)C)O[Si](C)(C)C. The summed E-state index contributed by atoms with van der Waals surface area (Å²) in [5, 5.41) is 9.65. The van der Waals surface area contributed by atoms with E-state index in [-0.39, 0.29) is 18.4 Å². The van der Waals surface area contributed by atoms with Crippen LogP contribution in [0.3, 0.4) is 0 Å². The van der Waals surface area contributed by atoms with Gasteiger partial charge in [0.05, 0.1) is 22.2 Å². The Morgan fingerprint density at radius 2 is 1.65 bits per heavy atom. The van der Waals surface area contributed by atoms with Gasteiger partial charge in [0, 0.05) is 12.5 Å². The lowest BCUT2D eigenvalue weighted by atomic mass is 10.4. The third-order valence-corrected chi connectivity index (χ3v) is 7.66. The van der Waals surface area contributed by atoms with E-state index in [1.165, 1.54) is 6.08 Å². The lowest BCUT2D eigenvalue weighted by Gasteiger charge is -2.32. The zero-order valence-electron chi connectivity index (χ0n) is 17.7.